The molecule has 100 valence electrons. The molecule has 6 heteroatoms. The molecule has 0 amide bonds. The molecule has 2 rings (SSSR count). The van der Waals surface area contributed by atoms with Crippen LogP contribution >= 0.6 is 11.6 Å². The fourth-order valence-corrected chi connectivity index (χ4v) is 2.00. The molecule has 1 N–H and O–H groups in total. The molecule has 2 heterocycles. The van der Waals surface area contributed by atoms with Gasteiger partial charge in [0.1, 0.15) is 6.10 Å². The molecule has 1 aliphatic heterocycles. The van der Waals surface area contributed by atoms with Gasteiger partial charge >= 0.3 is 0 Å². The van der Waals surface area contributed by atoms with Crippen LogP contribution in [0, 0.1) is 13.8 Å². The first-order valence-corrected chi connectivity index (χ1v) is 6.31. The van der Waals surface area contributed by atoms with E-state index in [9.17, 15) is 0 Å². The summed E-state index contributed by atoms with van der Waals surface area (Å²) in [6.45, 7) is 8.75. The lowest BCUT2D eigenvalue weighted by Crippen LogP contribution is -2.26. The van der Waals surface area contributed by atoms with E-state index < -0.39 is 5.79 Å². The molecule has 0 spiro atoms. The number of rotatable bonds is 3. The summed E-state index contributed by atoms with van der Waals surface area (Å²) in [5, 5.41) is 3.54. The molecule has 1 aromatic heterocycles. The van der Waals surface area contributed by atoms with Gasteiger partial charge in [0.25, 0.3) is 0 Å². The highest BCUT2D eigenvalue weighted by atomic mass is 35.5. The van der Waals surface area contributed by atoms with Gasteiger partial charge in [-0.25, -0.2) is 9.97 Å². The summed E-state index contributed by atoms with van der Waals surface area (Å²) in [6.07, 6.45) is -0.000485. The summed E-state index contributed by atoms with van der Waals surface area (Å²) in [5.41, 5.74) is 1.71. The zero-order valence-electron chi connectivity index (χ0n) is 11.1. The van der Waals surface area contributed by atoms with Crippen molar-refractivity contribution in [3.05, 3.63) is 16.5 Å². The Morgan fingerprint density at radius 2 is 2.00 bits per heavy atom. The van der Waals surface area contributed by atoms with Crippen LogP contribution in [0.1, 0.15) is 25.2 Å². The lowest BCUT2D eigenvalue weighted by atomic mass is 10.3. The van der Waals surface area contributed by atoms with E-state index in [0.717, 1.165) is 11.4 Å². The third-order valence-corrected chi connectivity index (χ3v) is 3.09. The van der Waals surface area contributed by atoms with Gasteiger partial charge in [-0.1, -0.05) is 11.6 Å². The van der Waals surface area contributed by atoms with E-state index in [-0.39, 0.29) is 6.10 Å². The molecule has 1 aliphatic rings. The number of halogens is 1. The third kappa shape index (κ3) is 3.10. The number of aromatic nitrogens is 2. The predicted octanol–water partition coefficient (Wildman–Crippen LogP) is 2.31. The average Bonchev–Trinajstić information content (AvgIpc) is 2.62. The average molecular weight is 272 g/mol. The van der Waals surface area contributed by atoms with E-state index in [1.165, 1.54) is 0 Å². The van der Waals surface area contributed by atoms with Gasteiger partial charge in [0, 0.05) is 6.54 Å². The molecule has 18 heavy (non-hydrogen) atoms. The summed E-state index contributed by atoms with van der Waals surface area (Å²) in [4.78, 5) is 8.58. The summed E-state index contributed by atoms with van der Waals surface area (Å²) in [7, 11) is 0. The summed E-state index contributed by atoms with van der Waals surface area (Å²) in [5.74, 6) is 0.0819. The highest BCUT2D eigenvalue weighted by Gasteiger charge is 2.32. The standard InChI is InChI=1S/C12H18ClN3O2/c1-7-8(2)16-11(10(13)15-7)14-5-9-6-17-12(3,4)18-9/h9H,5-6H2,1-4H3,(H,14,16). The Morgan fingerprint density at radius 3 is 2.61 bits per heavy atom. The van der Waals surface area contributed by atoms with Crippen LogP contribution in [0.25, 0.3) is 0 Å². The van der Waals surface area contributed by atoms with E-state index in [1.54, 1.807) is 0 Å². The zero-order valence-corrected chi connectivity index (χ0v) is 11.8. The Hall–Kier alpha value is -0.910. The molecule has 1 aromatic rings. The molecule has 1 fully saturated rings. The van der Waals surface area contributed by atoms with Crippen molar-refractivity contribution in [2.24, 2.45) is 0 Å². The van der Waals surface area contributed by atoms with Crippen molar-refractivity contribution < 1.29 is 9.47 Å². The van der Waals surface area contributed by atoms with Gasteiger partial charge < -0.3 is 14.8 Å². The van der Waals surface area contributed by atoms with Crippen LogP contribution in [0.4, 0.5) is 5.82 Å². The largest absolute Gasteiger partial charge is 0.365 e. The first-order valence-electron chi connectivity index (χ1n) is 5.94. The maximum atomic E-state index is 6.03. The van der Waals surface area contributed by atoms with E-state index >= 15 is 0 Å². The number of aryl methyl sites for hydroxylation is 2. The number of anilines is 1. The van der Waals surface area contributed by atoms with Gasteiger partial charge in [0.15, 0.2) is 16.8 Å². The molecular formula is C12H18ClN3O2. The Kier molecular flexibility index (Phi) is 3.75. The van der Waals surface area contributed by atoms with Crippen molar-refractivity contribution >= 4 is 17.4 Å². The Bertz CT molecular complexity index is 451. The van der Waals surface area contributed by atoms with Crippen LogP contribution in [0.2, 0.25) is 5.15 Å². The van der Waals surface area contributed by atoms with E-state index in [1.807, 2.05) is 27.7 Å². The van der Waals surface area contributed by atoms with E-state index in [2.05, 4.69) is 15.3 Å². The first-order chi connectivity index (χ1) is 8.37. The molecular weight excluding hydrogens is 254 g/mol. The molecule has 1 saturated heterocycles. The lowest BCUT2D eigenvalue weighted by Gasteiger charge is -2.17. The Morgan fingerprint density at radius 1 is 1.33 bits per heavy atom. The number of nitrogens with one attached hydrogen (secondary N) is 1. The van der Waals surface area contributed by atoms with Crippen LogP contribution in [0.15, 0.2) is 0 Å². The highest BCUT2D eigenvalue weighted by Crippen LogP contribution is 2.23. The second-order valence-corrected chi connectivity index (χ2v) is 5.22. The molecule has 5 nitrogen and oxygen atoms in total. The second-order valence-electron chi connectivity index (χ2n) is 4.87. The van der Waals surface area contributed by atoms with E-state index in [0.29, 0.717) is 24.1 Å². The molecule has 0 bridgehead atoms. The van der Waals surface area contributed by atoms with Crippen LogP contribution in [0.5, 0.6) is 0 Å². The number of hydrogen-bond acceptors (Lipinski definition) is 5. The maximum Gasteiger partial charge on any atom is 0.171 e. The first kappa shape index (κ1) is 13.5. The monoisotopic (exact) mass is 271 g/mol. The van der Waals surface area contributed by atoms with Gasteiger partial charge in [0.05, 0.1) is 18.0 Å². The quantitative estimate of drug-likeness (QED) is 0.914. The Balaban J connectivity index is 1.97. The topological polar surface area (TPSA) is 56.3 Å². The molecule has 0 saturated carbocycles. The second kappa shape index (κ2) is 4.99. The molecule has 1 atom stereocenters. The third-order valence-electron chi connectivity index (χ3n) is 2.83. The van der Waals surface area contributed by atoms with Crippen molar-refractivity contribution in [2.45, 2.75) is 39.6 Å². The molecule has 0 radical (unpaired) electrons. The lowest BCUT2D eigenvalue weighted by molar-refractivity contribution is -0.136. The van der Waals surface area contributed by atoms with Crippen molar-refractivity contribution in [3.8, 4) is 0 Å². The molecule has 1 unspecified atom stereocenters. The van der Waals surface area contributed by atoms with Crippen molar-refractivity contribution in [1.29, 1.82) is 0 Å². The SMILES string of the molecule is Cc1nc(Cl)c(NCC2COC(C)(C)O2)nc1C. The van der Waals surface area contributed by atoms with Crippen molar-refractivity contribution in [2.75, 3.05) is 18.5 Å². The smallest absolute Gasteiger partial charge is 0.171 e. The highest BCUT2D eigenvalue weighted by molar-refractivity contribution is 6.31. The maximum absolute atomic E-state index is 6.03. The predicted molar refractivity (Wildman–Crippen MR) is 69.9 cm³/mol. The number of hydrogen-bond donors (Lipinski definition) is 1. The zero-order chi connectivity index (χ0) is 13.3. The number of ether oxygens (including phenoxy) is 2. The van der Waals surface area contributed by atoms with Crippen molar-refractivity contribution in [3.63, 3.8) is 0 Å². The fourth-order valence-electron chi connectivity index (χ4n) is 1.76. The summed E-state index contributed by atoms with van der Waals surface area (Å²) in [6, 6.07) is 0. The molecule has 0 aromatic carbocycles. The van der Waals surface area contributed by atoms with Gasteiger partial charge in [-0.15, -0.1) is 0 Å². The van der Waals surface area contributed by atoms with Crippen LogP contribution < -0.4 is 5.32 Å². The summed E-state index contributed by atoms with van der Waals surface area (Å²) >= 11 is 6.03. The van der Waals surface area contributed by atoms with Crippen LogP contribution in [0.3, 0.4) is 0 Å². The fraction of sp³-hybridized carbons (Fsp3) is 0.667. The van der Waals surface area contributed by atoms with Crippen LogP contribution in [-0.4, -0.2) is 35.0 Å². The van der Waals surface area contributed by atoms with Crippen LogP contribution in [-0.2, 0) is 9.47 Å². The van der Waals surface area contributed by atoms with Gasteiger partial charge in [-0.3, -0.25) is 0 Å². The number of nitrogens with zero attached hydrogens (tertiary/aromatic N) is 2. The minimum absolute atomic E-state index is 0.000485. The van der Waals surface area contributed by atoms with Gasteiger partial charge in [0.2, 0.25) is 0 Å². The summed E-state index contributed by atoms with van der Waals surface area (Å²) < 4.78 is 11.2. The van der Waals surface area contributed by atoms with Gasteiger partial charge in [-0.05, 0) is 27.7 Å². The minimum Gasteiger partial charge on any atom is -0.365 e. The minimum atomic E-state index is -0.509. The molecule has 0 aliphatic carbocycles. The van der Waals surface area contributed by atoms with Crippen molar-refractivity contribution in [1.82, 2.24) is 9.97 Å². The Labute approximate surface area is 112 Å². The normalized spacial score (nSPS) is 22.2. The van der Waals surface area contributed by atoms with E-state index in [4.69, 9.17) is 21.1 Å². The van der Waals surface area contributed by atoms with Gasteiger partial charge in [-0.2, -0.15) is 0 Å².